The highest BCUT2D eigenvalue weighted by Gasteiger charge is 2.17. The van der Waals surface area contributed by atoms with E-state index >= 15 is 0 Å². The first-order chi connectivity index (χ1) is 6.34. The minimum absolute atomic E-state index is 0.403. The lowest BCUT2D eigenvalue weighted by atomic mass is 9.90. The van der Waals surface area contributed by atoms with E-state index in [2.05, 4.69) is 6.08 Å². The third-order valence-corrected chi connectivity index (χ3v) is 2.98. The largest absolute Gasteiger partial charge is 0.374 e. The number of hydrogen-bond acceptors (Lipinski definition) is 2. The lowest BCUT2D eigenvalue weighted by molar-refractivity contribution is 0.144. The summed E-state index contributed by atoms with van der Waals surface area (Å²) in [5, 5.41) is 0. The van der Waals surface area contributed by atoms with Gasteiger partial charge in [0.1, 0.15) is 0 Å². The molecule has 1 saturated heterocycles. The van der Waals surface area contributed by atoms with Gasteiger partial charge in [-0.05, 0) is 38.5 Å². The zero-order valence-electron chi connectivity index (χ0n) is 8.17. The van der Waals surface area contributed by atoms with Crippen LogP contribution in [0.2, 0.25) is 0 Å². The third kappa shape index (κ3) is 2.55. The average Bonchev–Trinajstić information content (AvgIpc) is 2.57. The van der Waals surface area contributed by atoms with Crippen molar-refractivity contribution in [3.63, 3.8) is 0 Å². The summed E-state index contributed by atoms with van der Waals surface area (Å²) >= 11 is 0. The lowest BCUT2D eigenvalue weighted by Gasteiger charge is -2.21. The highest BCUT2D eigenvalue weighted by Crippen LogP contribution is 2.25. The molecule has 2 rings (SSSR count). The molecule has 0 radical (unpaired) electrons. The van der Waals surface area contributed by atoms with E-state index in [1.807, 2.05) is 0 Å². The van der Waals surface area contributed by atoms with Gasteiger partial charge in [0.25, 0.3) is 0 Å². The number of hydrogen-bond donors (Lipinski definition) is 1. The number of ether oxygens (including phenoxy) is 1. The minimum Gasteiger partial charge on any atom is -0.374 e. The first-order valence-electron chi connectivity index (χ1n) is 5.41. The van der Waals surface area contributed by atoms with Crippen LogP contribution in [0.15, 0.2) is 11.6 Å². The van der Waals surface area contributed by atoms with Crippen LogP contribution in [0.3, 0.4) is 0 Å². The van der Waals surface area contributed by atoms with Crippen molar-refractivity contribution < 1.29 is 4.74 Å². The Kier molecular flexibility index (Phi) is 3.01. The highest BCUT2D eigenvalue weighted by molar-refractivity contribution is 5.10. The Morgan fingerprint density at radius 1 is 1.31 bits per heavy atom. The van der Waals surface area contributed by atoms with Crippen molar-refractivity contribution in [3.8, 4) is 0 Å². The number of nitrogens with two attached hydrogens (primary N) is 1. The predicted octanol–water partition coefficient (Wildman–Crippen LogP) is 1.99. The Labute approximate surface area is 80.1 Å². The molecule has 2 heteroatoms. The van der Waals surface area contributed by atoms with E-state index in [1.165, 1.54) is 37.7 Å². The average molecular weight is 181 g/mol. The van der Waals surface area contributed by atoms with Gasteiger partial charge in [0.2, 0.25) is 0 Å². The van der Waals surface area contributed by atoms with Crippen LogP contribution in [0.1, 0.15) is 38.5 Å². The Hall–Kier alpha value is -0.340. The standard InChI is InChI=1S/C11H19NO/c12-10-4-1-3-9(7-10)8-11-5-2-6-13-11/h8,10-11H,1-7,12H2. The summed E-state index contributed by atoms with van der Waals surface area (Å²) in [5.41, 5.74) is 7.45. The molecule has 0 aromatic rings. The molecule has 0 aromatic carbocycles. The van der Waals surface area contributed by atoms with Gasteiger partial charge in [0.05, 0.1) is 6.10 Å². The first-order valence-corrected chi connectivity index (χ1v) is 5.41. The smallest absolute Gasteiger partial charge is 0.0759 e. The van der Waals surface area contributed by atoms with Crippen molar-refractivity contribution in [2.45, 2.75) is 50.7 Å². The van der Waals surface area contributed by atoms with Crippen molar-refractivity contribution in [2.75, 3.05) is 6.61 Å². The molecule has 0 bridgehead atoms. The summed E-state index contributed by atoms with van der Waals surface area (Å²) in [6, 6.07) is 0.404. The molecule has 74 valence electrons. The van der Waals surface area contributed by atoms with Gasteiger partial charge in [-0.15, -0.1) is 0 Å². The Bertz CT molecular complexity index is 194. The Balaban J connectivity index is 1.90. The van der Waals surface area contributed by atoms with Crippen LogP contribution in [0, 0.1) is 0 Å². The topological polar surface area (TPSA) is 35.2 Å². The highest BCUT2D eigenvalue weighted by atomic mass is 16.5. The molecule has 2 aliphatic rings. The van der Waals surface area contributed by atoms with E-state index < -0.39 is 0 Å². The summed E-state index contributed by atoms with van der Waals surface area (Å²) in [5.74, 6) is 0. The van der Waals surface area contributed by atoms with Gasteiger partial charge in [-0.2, -0.15) is 0 Å². The number of rotatable bonds is 1. The second-order valence-corrected chi connectivity index (χ2v) is 4.23. The summed E-state index contributed by atoms with van der Waals surface area (Å²) in [7, 11) is 0. The van der Waals surface area contributed by atoms with Crippen molar-refractivity contribution in [1.82, 2.24) is 0 Å². The molecule has 0 aromatic heterocycles. The van der Waals surface area contributed by atoms with Gasteiger partial charge in [0, 0.05) is 12.6 Å². The van der Waals surface area contributed by atoms with Crippen LogP contribution in [0.5, 0.6) is 0 Å². The normalized spacial score (nSPS) is 38.4. The van der Waals surface area contributed by atoms with Gasteiger partial charge in [-0.3, -0.25) is 0 Å². The van der Waals surface area contributed by atoms with Gasteiger partial charge < -0.3 is 10.5 Å². The summed E-state index contributed by atoms with van der Waals surface area (Å²) in [6.07, 6.45) is 9.96. The maximum absolute atomic E-state index is 5.92. The van der Waals surface area contributed by atoms with E-state index in [0.29, 0.717) is 12.1 Å². The maximum Gasteiger partial charge on any atom is 0.0759 e. The molecule has 2 unspecified atom stereocenters. The van der Waals surface area contributed by atoms with Gasteiger partial charge >= 0.3 is 0 Å². The SMILES string of the molecule is NC1CCCC(=CC2CCCO2)C1. The van der Waals surface area contributed by atoms with E-state index in [4.69, 9.17) is 10.5 Å². The fourth-order valence-corrected chi connectivity index (χ4v) is 2.28. The van der Waals surface area contributed by atoms with Crippen molar-refractivity contribution in [3.05, 3.63) is 11.6 Å². The second kappa shape index (κ2) is 4.25. The van der Waals surface area contributed by atoms with Crippen LogP contribution in [0.4, 0.5) is 0 Å². The summed E-state index contributed by atoms with van der Waals surface area (Å²) in [4.78, 5) is 0. The van der Waals surface area contributed by atoms with Gasteiger partial charge in [-0.25, -0.2) is 0 Å². The molecule has 2 nitrogen and oxygen atoms in total. The molecule has 1 saturated carbocycles. The molecule has 1 heterocycles. The summed E-state index contributed by atoms with van der Waals surface area (Å²) in [6.45, 7) is 0.945. The monoisotopic (exact) mass is 181 g/mol. The molecule has 1 aliphatic heterocycles. The van der Waals surface area contributed by atoms with E-state index in [0.717, 1.165) is 13.0 Å². The van der Waals surface area contributed by atoms with E-state index in [9.17, 15) is 0 Å². The van der Waals surface area contributed by atoms with E-state index in [1.54, 1.807) is 0 Å². The molecule has 2 fully saturated rings. The molecular weight excluding hydrogens is 162 g/mol. The maximum atomic E-state index is 5.92. The van der Waals surface area contributed by atoms with Crippen LogP contribution in [0.25, 0.3) is 0 Å². The van der Waals surface area contributed by atoms with E-state index in [-0.39, 0.29) is 0 Å². The molecule has 0 amide bonds. The minimum atomic E-state index is 0.403. The molecular formula is C11H19NO. The molecule has 2 atom stereocenters. The third-order valence-electron chi connectivity index (χ3n) is 2.98. The van der Waals surface area contributed by atoms with Crippen molar-refractivity contribution in [2.24, 2.45) is 5.73 Å². The Morgan fingerprint density at radius 3 is 2.92 bits per heavy atom. The zero-order chi connectivity index (χ0) is 9.10. The fourth-order valence-electron chi connectivity index (χ4n) is 2.28. The summed E-state index contributed by atoms with van der Waals surface area (Å²) < 4.78 is 5.57. The van der Waals surface area contributed by atoms with Gasteiger partial charge in [-0.1, -0.05) is 11.6 Å². The van der Waals surface area contributed by atoms with Crippen LogP contribution >= 0.6 is 0 Å². The quantitative estimate of drug-likeness (QED) is 0.628. The van der Waals surface area contributed by atoms with Crippen LogP contribution in [-0.2, 0) is 4.74 Å². The van der Waals surface area contributed by atoms with Crippen molar-refractivity contribution >= 4 is 0 Å². The Morgan fingerprint density at radius 2 is 2.23 bits per heavy atom. The van der Waals surface area contributed by atoms with Crippen LogP contribution in [-0.4, -0.2) is 18.8 Å². The predicted molar refractivity (Wildman–Crippen MR) is 53.5 cm³/mol. The molecule has 1 aliphatic carbocycles. The molecule has 13 heavy (non-hydrogen) atoms. The second-order valence-electron chi connectivity index (χ2n) is 4.23. The van der Waals surface area contributed by atoms with Gasteiger partial charge in [0.15, 0.2) is 0 Å². The zero-order valence-corrected chi connectivity index (χ0v) is 8.17. The van der Waals surface area contributed by atoms with Crippen molar-refractivity contribution in [1.29, 1.82) is 0 Å². The van der Waals surface area contributed by atoms with Crippen LogP contribution < -0.4 is 5.73 Å². The first kappa shape index (κ1) is 9.22. The molecule has 2 N–H and O–H groups in total. The fraction of sp³-hybridized carbons (Fsp3) is 0.818. The lowest BCUT2D eigenvalue weighted by Crippen LogP contribution is -2.24. The molecule has 0 spiro atoms.